The number of carbonyl (C=O) groups excluding carboxylic acids is 1. The molecule has 2 aromatic rings. The number of likely N-dealkylation sites (N-methyl/N-ethyl adjacent to an activating group) is 1. The van der Waals surface area contributed by atoms with Gasteiger partial charge in [0.25, 0.3) is 5.91 Å². The Balaban J connectivity index is 1.74. The quantitative estimate of drug-likeness (QED) is 0.899. The lowest BCUT2D eigenvalue weighted by Gasteiger charge is -2.38. The Bertz CT molecular complexity index is 733. The third kappa shape index (κ3) is 4.51. The fourth-order valence-electron chi connectivity index (χ4n) is 3.49. The molecule has 1 amide bonds. The molecule has 1 saturated heterocycles. The molecule has 0 saturated carbocycles. The van der Waals surface area contributed by atoms with Crippen LogP contribution in [0.25, 0.3) is 0 Å². The smallest absolute Gasteiger partial charge is 0.251 e. The van der Waals surface area contributed by atoms with Crippen molar-refractivity contribution in [1.29, 1.82) is 0 Å². The summed E-state index contributed by atoms with van der Waals surface area (Å²) >= 11 is 0. The van der Waals surface area contributed by atoms with E-state index >= 15 is 0 Å². The molecule has 1 aliphatic heterocycles. The number of nitrogens with zero attached hydrogens (tertiary/aromatic N) is 2. The summed E-state index contributed by atoms with van der Waals surface area (Å²) in [7, 11) is 2.16. The van der Waals surface area contributed by atoms with Gasteiger partial charge >= 0.3 is 0 Å². The molecule has 0 spiro atoms. The molecule has 0 aromatic heterocycles. The summed E-state index contributed by atoms with van der Waals surface area (Å²) in [5, 5.41) is 3.17. The maximum absolute atomic E-state index is 12.7. The molecular formula is C22H29N3O. The van der Waals surface area contributed by atoms with E-state index in [-0.39, 0.29) is 11.9 Å². The predicted molar refractivity (Wildman–Crippen MR) is 107 cm³/mol. The lowest BCUT2D eigenvalue weighted by molar-refractivity contribution is 0.0885. The van der Waals surface area contributed by atoms with Crippen LogP contribution in [0.3, 0.4) is 0 Å². The van der Waals surface area contributed by atoms with E-state index in [2.05, 4.69) is 53.4 Å². The molecule has 1 fully saturated rings. The molecule has 4 heteroatoms. The van der Waals surface area contributed by atoms with Gasteiger partial charge in [0.1, 0.15) is 0 Å². The Labute approximate surface area is 156 Å². The second-order valence-corrected chi connectivity index (χ2v) is 7.29. The zero-order valence-corrected chi connectivity index (χ0v) is 16.0. The van der Waals surface area contributed by atoms with Gasteiger partial charge in [0.15, 0.2) is 0 Å². The number of piperazine rings is 1. The van der Waals surface area contributed by atoms with Crippen LogP contribution in [0, 0.1) is 13.8 Å². The van der Waals surface area contributed by atoms with E-state index in [1.807, 2.05) is 31.2 Å². The Kier molecular flexibility index (Phi) is 6.07. The topological polar surface area (TPSA) is 35.6 Å². The first kappa shape index (κ1) is 18.6. The molecule has 4 nitrogen and oxygen atoms in total. The summed E-state index contributed by atoms with van der Waals surface area (Å²) in [6.45, 7) is 8.88. The summed E-state index contributed by atoms with van der Waals surface area (Å²) in [4.78, 5) is 17.5. The van der Waals surface area contributed by atoms with E-state index in [1.54, 1.807) is 0 Å². The third-order valence-electron chi connectivity index (χ3n) is 5.29. The number of carbonyl (C=O) groups is 1. The highest BCUT2D eigenvalue weighted by atomic mass is 16.1. The van der Waals surface area contributed by atoms with Crippen molar-refractivity contribution in [3.63, 3.8) is 0 Å². The van der Waals surface area contributed by atoms with Gasteiger partial charge in [0.05, 0.1) is 6.04 Å². The largest absolute Gasteiger partial charge is 0.350 e. The van der Waals surface area contributed by atoms with Crippen LogP contribution < -0.4 is 5.32 Å². The van der Waals surface area contributed by atoms with Crippen molar-refractivity contribution in [1.82, 2.24) is 15.1 Å². The van der Waals surface area contributed by atoms with Crippen LogP contribution in [-0.4, -0.2) is 55.5 Å². The van der Waals surface area contributed by atoms with Gasteiger partial charge in [-0.15, -0.1) is 0 Å². The molecule has 2 aromatic carbocycles. The van der Waals surface area contributed by atoms with Crippen LogP contribution in [0.5, 0.6) is 0 Å². The zero-order valence-electron chi connectivity index (χ0n) is 16.0. The highest BCUT2D eigenvalue weighted by molar-refractivity contribution is 5.95. The Morgan fingerprint density at radius 3 is 2.31 bits per heavy atom. The number of hydrogen-bond donors (Lipinski definition) is 1. The Hall–Kier alpha value is -2.17. The number of hydrogen-bond acceptors (Lipinski definition) is 3. The maximum atomic E-state index is 12.7. The SMILES string of the molecule is Cc1ccc(C(CNC(=O)c2ccccc2C)N2CCN(C)CC2)cc1. The standard InChI is InChI=1S/C22H29N3O/c1-17-8-10-19(11-9-17)21(25-14-12-24(3)13-15-25)16-23-22(26)20-7-5-4-6-18(20)2/h4-11,21H,12-16H2,1-3H3,(H,23,26). The lowest BCUT2D eigenvalue weighted by Crippen LogP contribution is -2.48. The zero-order chi connectivity index (χ0) is 18.5. The number of rotatable bonds is 5. The first-order valence-corrected chi connectivity index (χ1v) is 9.37. The highest BCUT2D eigenvalue weighted by Crippen LogP contribution is 2.22. The molecular weight excluding hydrogens is 322 g/mol. The van der Waals surface area contributed by atoms with Crippen molar-refractivity contribution < 1.29 is 4.79 Å². The summed E-state index contributed by atoms with van der Waals surface area (Å²) in [5.41, 5.74) is 4.30. The van der Waals surface area contributed by atoms with Crippen LogP contribution in [0.1, 0.15) is 33.1 Å². The van der Waals surface area contributed by atoms with Gasteiger partial charge in [0, 0.05) is 38.3 Å². The molecule has 0 radical (unpaired) electrons. The van der Waals surface area contributed by atoms with E-state index in [1.165, 1.54) is 11.1 Å². The monoisotopic (exact) mass is 351 g/mol. The normalized spacial score (nSPS) is 17.0. The van der Waals surface area contributed by atoms with E-state index in [9.17, 15) is 4.79 Å². The summed E-state index contributed by atoms with van der Waals surface area (Å²) in [6.07, 6.45) is 0. The van der Waals surface area contributed by atoms with Crippen molar-refractivity contribution in [3.05, 3.63) is 70.8 Å². The molecule has 0 bridgehead atoms. The van der Waals surface area contributed by atoms with Crippen molar-refractivity contribution in [2.45, 2.75) is 19.9 Å². The lowest BCUT2D eigenvalue weighted by atomic mass is 10.0. The number of amides is 1. The van der Waals surface area contributed by atoms with Gasteiger partial charge in [-0.25, -0.2) is 0 Å². The first-order valence-electron chi connectivity index (χ1n) is 9.37. The molecule has 1 N–H and O–H groups in total. The predicted octanol–water partition coefficient (Wildman–Crippen LogP) is 3.02. The first-order chi connectivity index (χ1) is 12.5. The minimum atomic E-state index is 0.00865. The van der Waals surface area contributed by atoms with Gasteiger partial charge in [-0.1, -0.05) is 48.0 Å². The van der Waals surface area contributed by atoms with Gasteiger partial charge < -0.3 is 10.2 Å². The van der Waals surface area contributed by atoms with Crippen LogP contribution in [0.4, 0.5) is 0 Å². The molecule has 26 heavy (non-hydrogen) atoms. The fourth-order valence-corrected chi connectivity index (χ4v) is 3.49. The molecule has 1 unspecified atom stereocenters. The van der Waals surface area contributed by atoms with Gasteiger partial charge in [0.2, 0.25) is 0 Å². The van der Waals surface area contributed by atoms with E-state index in [4.69, 9.17) is 0 Å². The van der Waals surface area contributed by atoms with Crippen LogP contribution in [0.2, 0.25) is 0 Å². The highest BCUT2D eigenvalue weighted by Gasteiger charge is 2.24. The summed E-state index contributed by atoms with van der Waals surface area (Å²) in [6, 6.07) is 16.6. The average molecular weight is 351 g/mol. The van der Waals surface area contributed by atoms with Crippen LogP contribution in [0.15, 0.2) is 48.5 Å². The van der Waals surface area contributed by atoms with E-state index in [0.717, 1.165) is 37.3 Å². The van der Waals surface area contributed by atoms with Crippen molar-refractivity contribution in [2.24, 2.45) is 0 Å². The molecule has 1 aliphatic rings. The molecule has 1 heterocycles. The van der Waals surface area contributed by atoms with Gasteiger partial charge in [-0.2, -0.15) is 0 Å². The minimum absolute atomic E-state index is 0.00865. The average Bonchev–Trinajstić information content (AvgIpc) is 2.65. The number of aryl methyl sites for hydroxylation is 2. The van der Waals surface area contributed by atoms with Gasteiger partial charge in [-0.3, -0.25) is 9.69 Å². The second kappa shape index (κ2) is 8.47. The Morgan fingerprint density at radius 1 is 1.00 bits per heavy atom. The number of benzene rings is 2. The molecule has 138 valence electrons. The molecule has 0 aliphatic carbocycles. The van der Waals surface area contributed by atoms with Crippen molar-refractivity contribution in [2.75, 3.05) is 39.8 Å². The maximum Gasteiger partial charge on any atom is 0.251 e. The summed E-state index contributed by atoms with van der Waals surface area (Å²) < 4.78 is 0. The fraction of sp³-hybridized carbons (Fsp3) is 0.409. The molecule has 1 atom stereocenters. The van der Waals surface area contributed by atoms with Gasteiger partial charge in [-0.05, 0) is 38.1 Å². The van der Waals surface area contributed by atoms with E-state index in [0.29, 0.717) is 6.54 Å². The Morgan fingerprint density at radius 2 is 1.65 bits per heavy atom. The van der Waals surface area contributed by atoms with Crippen molar-refractivity contribution in [3.8, 4) is 0 Å². The number of nitrogens with one attached hydrogen (secondary N) is 1. The van der Waals surface area contributed by atoms with Crippen molar-refractivity contribution >= 4 is 5.91 Å². The van der Waals surface area contributed by atoms with E-state index < -0.39 is 0 Å². The summed E-state index contributed by atoms with van der Waals surface area (Å²) in [5.74, 6) is 0.00865. The van der Waals surface area contributed by atoms with Crippen LogP contribution in [-0.2, 0) is 0 Å². The minimum Gasteiger partial charge on any atom is -0.350 e. The van der Waals surface area contributed by atoms with Crippen LogP contribution >= 0.6 is 0 Å². The molecule has 3 rings (SSSR count). The second-order valence-electron chi connectivity index (χ2n) is 7.29. The third-order valence-corrected chi connectivity index (χ3v) is 5.29.